The Labute approximate surface area is 127 Å². The smallest absolute Gasteiger partial charge is 0.169 e. The van der Waals surface area contributed by atoms with E-state index in [1.807, 2.05) is 25.1 Å². The van der Waals surface area contributed by atoms with Gasteiger partial charge in [0, 0.05) is 18.0 Å². The minimum Gasteiger partial charge on any atom is -0.496 e. The molecule has 2 atom stereocenters. The highest BCUT2D eigenvalue weighted by molar-refractivity contribution is 6.00. The summed E-state index contributed by atoms with van der Waals surface area (Å²) in [6.07, 6.45) is 5.80. The van der Waals surface area contributed by atoms with E-state index in [4.69, 9.17) is 4.74 Å². The zero-order valence-corrected chi connectivity index (χ0v) is 13.3. The lowest BCUT2D eigenvalue weighted by molar-refractivity contribution is 0.0337. The number of methoxy groups -OCH3 is 1. The highest BCUT2D eigenvalue weighted by atomic mass is 16.5. The second-order valence-corrected chi connectivity index (χ2v) is 6.64. The number of rotatable bonds is 3. The molecule has 2 heterocycles. The van der Waals surface area contributed by atoms with E-state index in [9.17, 15) is 4.79 Å². The highest BCUT2D eigenvalue weighted by Gasteiger charge is 2.39. The third-order valence-corrected chi connectivity index (χ3v) is 5.33. The fraction of sp³-hybridized carbons (Fsp3) is 0.611. The molecule has 114 valence electrons. The average molecular weight is 287 g/mol. The van der Waals surface area contributed by atoms with Crippen molar-refractivity contribution >= 4 is 5.78 Å². The van der Waals surface area contributed by atoms with Crippen LogP contribution < -0.4 is 4.74 Å². The summed E-state index contributed by atoms with van der Waals surface area (Å²) in [5.74, 6) is 1.16. The van der Waals surface area contributed by atoms with Crippen LogP contribution in [0.15, 0.2) is 18.2 Å². The van der Waals surface area contributed by atoms with Gasteiger partial charge in [-0.15, -0.1) is 0 Å². The first-order valence-corrected chi connectivity index (χ1v) is 8.01. The van der Waals surface area contributed by atoms with E-state index in [1.165, 1.54) is 19.3 Å². The fourth-order valence-corrected chi connectivity index (χ4v) is 4.05. The Morgan fingerprint density at radius 1 is 1.24 bits per heavy atom. The Kier molecular flexibility index (Phi) is 4.03. The molecule has 0 saturated carbocycles. The maximum Gasteiger partial charge on any atom is 0.169 e. The van der Waals surface area contributed by atoms with Gasteiger partial charge in [0.05, 0.1) is 12.7 Å². The number of ether oxygens (including phenoxy) is 1. The largest absolute Gasteiger partial charge is 0.496 e. The molecule has 1 aromatic rings. The summed E-state index contributed by atoms with van der Waals surface area (Å²) >= 11 is 0. The van der Waals surface area contributed by atoms with Crippen molar-refractivity contribution < 1.29 is 9.53 Å². The number of hydrogen-bond donors (Lipinski definition) is 0. The van der Waals surface area contributed by atoms with Crippen LogP contribution in [0, 0.1) is 12.8 Å². The molecule has 0 spiro atoms. The van der Waals surface area contributed by atoms with Gasteiger partial charge in [-0.3, -0.25) is 4.79 Å². The summed E-state index contributed by atoms with van der Waals surface area (Å²) in [7, 11) is 3.87. The molecule has 2 unspecified atom stereocenters. The first kappa shape index (κ1) is 14.6. The molecule has 0 aliphatic carbocycles. The first-order chi connectivity index (χ1) is 10.1. The number of nitrogens with zero attached hydrogens (tertiary/aromatic N) is 1. The van der Waals surface area contributed by atoms with Crippen molar-refractivity contribution in [1.29, 1.82) is 0 Å². The molecule has 2 aliphatic heterocycles. The number of piperidine rings is 2. The van der Waals surface area contributed by atoms with E-state index in [-0.39, 0.29) is 11.7 Å². The molecule has 2 fully saturated rings. The Balaban J connectivity index is 1.83. The average Bonchev–Trinajstić information content (AvgIpc) is 2.46. The van der Waals surface area contributed by atoms with Crippen LogP contribution in [0.4, 0.5) is 0 Å². The third kappa shape index (κ3) is 2.71. The van der Waals surface area contributed by atoms with Gasteiger partial charge in [-0.25, -0.2) is 0 Å². The van der Waals surface area contributed by atoms with E-state index in [2.05, 4.69) is 11.9 Å². The summed E-state index contributed by atoms with van der Waals surface area (Å²) < 4.78 is 5.42. The van der Waals surface area contributed by atoms with Crippen molar-refractivity contribution in [3.8, 4) is 5.75 Å². The van der Waals surface area contributed by atoms with Gasteiger partial charge < -0.3 is 9.64 Å². The number of carbonyl (C=O) groups excluding carboxylic acids is 1. The molecule has 1 aromatic carbocycles. The lowest BCUT2D eigenvalue weighted by Gasteiger charge is -2.46. The summed E-state index contributed by atoms with van der Waals surface area (Å²) in [6, 6.07) is 7.07. The van der Waals surface area contributed by atoms with Crippen molar-refractivity contribution in [2.45, 2.75) is 51.1 Å². The SMILES string of the molecule is COc1cc(C)ccc1C(=O)C1CC2CCCC(C1)N2C. The van der Waals surface area contributed by atoms with Crippen LogP contribution in [0.25, 0.3) is 0 Å². The van der Waals surface area contributed by atoms with Crippen LogP contribution in [-0.2, 0) is 0 Å². The zero-order chi connectivity index (χ0) is 15.0. The maximum absolute atomic E-state index is 12.9. The van der Waals surface area contributed by atoms with Crippen molar-refractivity contribution in [3.63, 3.8) is 0 Å². The van der Waals surface area contributed by atoms with E-state index < -0.39 is 0 Å². The van der Waals surface area contributed by atoms with Gasteiger partial charge in [0.1, 0.15) is 5.75 Å². The monoisotopic (exact) mass is 287 g/mol. The second kappa shape index (κ2) is 5.80. The Bertz CT molecular complexity index is 526. The van der Waals surface area contributed by atoms with E-state index in [1.54, 1.807) is 7.11 Å². The van der Waals surface area contributed by atoms with E-state index >= 15 is 0 Å². The third-order valence-electron chi connectivity index (χ3n) is 5.33. The Morgan fingerprint density at radius 2 is 1.90 bits per heavy atom. The zero-order valence-electron chi connectivity index (χ0n) is 13.3. The van der Waals surface area contributed by atoms with Crippen LogP contribution in [0.1, 0.15) is 48.0 Å². The lowest BCUT2D eigenvalue weighted by Crippen LogP contribution is -2.51. The van der Waals surface area contributed by atoms with Gasteiger partial charge in [0.2, 0.25) is 0 Å². The van der Waals surface area contributed by atoms with Gasteiger partial charge in [0.25, 0.3) is 0 Å². The van der Waals surface area contributed by atoms with E-state index in [0.717, 1.165) is 29.7 Å². The highest BCUT2D eigenvalue weighted by Crippen LogP contribution is 2.38. The van der Waals surface area contributed by atoms with Crippen molar-refractivity contribution in [3.05, 3.63) is 29.3 Å². The topological polar surface area (TPSA) is 29.5 Å². The molecule has 2 aliphatic rings. The van der Waals surface area contributed by atoms with Crippen LogP contribution in [0.2, 0.25) is 0 Å². The molecule has 3 rings (SSSR count). The summed E-state index contributed by atoms with van der Waals surface area (Å²) in [5.41, 5.74) is 1.89. The van der Waals surface area contributed by atoms with Gasteiger partial charge in [-0.1, -0.05) is 12.5 Å². The molecule has 3 nitrogen and oxygen atoms in total. The van der Waals surface area contributed by atoms with Crippen LogP contribution in [0.5, 0.6) is 5.75 Å². The number of hydrogen-bond acceptors (Lipinski definition) is 3. The molecule has 2 bridgehead atoms. The molecule has 21 heavy (non-hydrogen) atoms. The van der Waals surface area contributed by atoms with Crippen LogP contribution in [0.3, 0.4) is 0 Å². The lowest BCUT2D eigenvalue weighted by atomic mass is 9.76. The Morgan fingerprint density at radius 3 is 2.52 bits per heavy atom. The summed E-state index contributed by atoms with van der Waals surface area (Å²) in [5, 5.41) is 0. The minimum absolute atomic E-state index is 0.160. The molecular formula is C18H25NO2. The summed E-state index contributed by atoms with van der Waals surface area (Å²) in [6.45, 7) is 2.02. The minimum atomic E-state index is 0.160. The van der Waals surface area contributed by atoms with Crippen LogP contribution in [-0.4, -0.2) is 36.9 Å². The first-order valence-electron chi connectivity index (χ1n) is 8.01. The van der Waals surface area contributed by atoms with Gasteiger partial charge in [0.15, 0.2) is 5.78 Å². The number of Topliss-reactive ketones (excluding diaryl/α,β-unsaturated/α-hetero) is 1. The summed E-state index contributed by atoms with van der Waals surface area (Å²) in [4.78, 5) is 15.4. The standard InChI is InChI=1S/C18H25NO2/c1-12-7-8-16(17(9-12)21-3)18(20)13-10-14-5-4-6-15(11-13)19(14)2/h7-9,13-15H,4-6,10-11H2,1-3H3. The number of ketones is 1. The molecule has 2 saturated heterocycles. The molecule has 0 radical (unpaired) electrons. The van der Waals surface area contributed by atoms with E-state index in [0.29, 0.717) is 12.1 Å². The van der Waals surface area contributed by atoms with Crippen molar-refractivity contribution in [2.24, 2.45) is 5.92 Å². The molecule has 3 heteroatoms. The number of benzene rings is 1. The van der Waals surface area contributed by atoms with Gasteiger partial charge in [-0.05, 0) is 57.4 Å². The molecular weight excluding hydrogens is 262 g/mol. The number of fused-ring (bicyclic) bond motifs is 2. The van der Waals surface area contributed by atoms with Gasteiger partial charge >= 0.3 is 0 Å². The van der Waals surface area contributed by atoms with Crippen molar-refractivity contribution in [1.82, 2.24) is 4.90 Å². The maximum atomic E-state index is 12.9. The Hall–Kier alpha value is -1.35. The predicted molar refractivity (Wildman–Crippen MR) is 84.0 cm³/mol. The predicted octanol–water partition coefficient (Wildman–Crippen LogP) is 3.45. The van der Waals surface area contributed by atoms with Gasteiger partial charge in [-0.2, -0.15) is 0 Å². The quantitative estimate of drug-likeness (QED) is 0.798. The normalized spacial score (nSPS) is 29.2. The molecule has 0 N–H and O–H groups in total. The molecule has 0 aromatic heterocycles. The van der Waals surface area contributed by atoms with Crippen LogP contribution >= 0.6 is 0 Å². The fourth-order valence-electron chi connectivity index (χ4n) is 4.05. The second-order valence-electron chi connectivity index (χ2n) is 6.64. The van der Waals surface area contributed by atoms with Crippen molar-refractivity contribution in [2.75, 3.05) is 14.2 Å². The molecule has 0 amide bonds. The number of carbonyl (C=O) groups is 1. The number of aryl methyl sites for hydroxylation is 1.